The van der Waals surface area contributed by atoms with Crippen LogP contribution < -0.4 is 10.6 Å². The Hall–Kier alpha value is -1.68. The maximum Gasteiger partial charge on any atom is 0.225 e. The van der Waals surface area contributed by atoms with Gasteiger partial charge in [-0.15, -0.1) is 0 Å². The van der Waals surface area contributed by atoms with Gasteiger partial charge in [0.1, 0.15) is 0 Å². The van der Waals surface area contributed by atoms with E-state index in [0.29, 0.717) is 0 Å². The Bertz CT molecular complexity index is 511. The molecule has 1 saturated heterocycles. The first kappa shape index (κ1) is 9.54. The number of benzene rings is 1. The number of hydrogen-bond acceptors (Lipinski definition) is 4. The Morgan fingerprint density at radius 2 is 2.19 bits per heavy atom. The van der Waals surface area contributed by atoms with Crippen LogP contribution in [-0.2, 0) is 0 Å². The maximum atomic E-state index is 5.88. The highest BCUT2D eigenvalue weighted by atomic mass is 15.3. The number of nitrogens with zero attached hydrogens (tertiary/aromatic N) is 3. The fourth-order valence-corrected chi connectivity index (χ4v) is 2.08. The molecule has 4 heteroatoms. The van der Waals surface area contributed by atoms with E-state index in [1.54, 1.807) is 0 Å². The van der Waals surface area contributed by atoms with E-state index >= 15 is 0 Å². The minimum absolute atomic E-state index is 0.259. The second-order valence-corrected chi connectivity index (χ2v) is 4.22. The van der Waals surface area contributed by atoms with Crippen LogP contribution in [0.25, 0.3) is 10.9 Å². The SMILES string of the molecule is N[C@@H]1CCN(c2ncc3ccccc3n2)C1. The Labute approximate surface area is 94.1 Å². The van der Waals surface area contributed by atoms with E-state index in [2.05, 4.69) is 14.9 Å². The number of nitrogens with two attached hydrogens (primary N) is 1. The quantitative estimate of drug-likeness (QED) is 0.774. The highest BCUT2D eigenvalue weighted by molar-refractivity contribution is 5.78. The normalized spacial score (nSPS) is 20.6. The van der Waals surface area contributed by atoms with Crippen LogP contribution in [0.15, 0.2) is 30.5 Å². The monoisotopic (exact) mass is 214 g/mol. The van der Waals surface area contributed by atoms with E-state index in [0.717, 1.165) is 36.4 Å². The first-order valence-electron chi connectivity index (χ1n) is 5.55. The lowest BCUT2D eigenvalue weighted by Crippen LogP contribution is -2.27. The zero-order valence-corrected chi connectivity index (χ0v) is 9.00. The molecule has 4 nitrogen and oxygen atoms in total. The second kappa shape index (κ2) is 3.72. The molecule has 1 aromatic carbocycles. The van der Waals surface area contributed by atoms with E-state index in [4.69, 9.17) is 5.73 Å². The van der Waals surface area contributed by atoms with Crippen molar-refractivity contribution in [3.8, 4) is 0 Å². The van der Waals surface area contributed by atoms with Crippen LogP contribution >= 0.6 is 0 Å². The van der Waals surface area contributed by atoms with Crippen molar-refractivity contribution in [1.29, 1.82) is 0 Å². The lowest BCUT2D eigenvalue weighted by molar-refractivity contribution is 0.750. The van der Waals surface area contributed by atoms with Gasteiger partial charge >= 0.3 is 0 Å². The topological polar surface area (TPSA) is 55.0 Å². The number of para-hydroxylation sites is 1. The van der Waals surface area contributed by atoms with Crippen LogP contribution in [0.1, 0.15) is 6.42 Å². The standard InChI is InChI=1S/C12H14N4/c13-10-5-6-16(8-10)12-14-7-9-3-1-2-4-11(9)15-12/h1-4,7,10H,5-6,8,13H2/t10-/m1/s1. The third kappa shape index (κ3) is 1.61. The molecule has 0 aliphatic carbocycles. The summed E-state index contributed by atoms with van der Waals surface area (Å²) in [7, 11) is 0. The van der Waals surface area contributed by atoms with Gasteiger partial charge in [0.15, 0.2) is 0 Å². The van der Waals surface area contributed by atoms with Gasteiger partial charge in [0.2, 0.25) is 5.95 Å². The van der Waals surface area contributed by atoms with E-state index in [9.17, 15) is 0 Å². The van der Waals surface area contributed by atoms with E-state index in [1.807, 2.05) is 30.5 Å². The molecule has 0 amide bonds. The average Bonchev–Trinajstić information content (AvgIpc) is 2.75. The number of rotatable bonds is 1. The Morgan fingerprint density at radius 3 is 3.00 bits per heavy atom. The zero-order valence-electron chi connectivity index (χ0n) is 9.00. The van der Waals surface area contributed by atoms with Gasteiger partial charge in [-0.2, -0.15) is 0 Å². The van der Waals surface area contributed by atoms with E-state index in [1.165, 1.54) is 0 Å². The van der Waals surface area contributed by atoms with Crippen molar-refractivity contribution < 1.29 is 0 Å². The predicted molar refractivity (Wildman–Crippen MR) is 64.3 cm³/mol. The van der Waals surface area contributed by atoms with E-state index < -0.39 is 0 Å². The molecule has 0 bridgehead atoms. The molecule has 82 valence electrons. The molecule has 2 aromatic rings. The van der Waals surface area contributed by atoms with Gasteiger partial charge in [-0.05, 0) is 12.5 Å². The molecule has 0 spiro atoms. The minimum atomic E-state index is 0.259. The Kier molecular flexibility index (Phi) is 2.22. The molecule has 0 saturated carbocycles. The lowest BCUT2D eigenvalue weighted by atomic mass is 10.2. The molecule has 1 aliphatic heterocycles. The maximum absolute atomic E-state index is 5.88. The van der Waals surface area contributed by atoms with Crippen molar-refractivity contribution in [2.24, 2.45) is 5.73 Å². The van der Waals surface area contributed by atoms with Gasteiger partial charge < -0.3 is 10.6 Å². The third-order valence-corrected chi connectivity index (χ3v) is 2.98. The largest absolute Gasteiger partial charge is 0.339 e. The summed E-state index contributed by atoms with van der Waals surface area (Å²) >= 11 is 0. The molecule has 1 fully saturated rings. The molecule has 1 aromatic heterocycles. The summed E-state index contributed by atoms with van der Waals surface area (Å²) in [5.74, 6) is 0.798. The summed E-state index contributed by atoms with van der Waals surface area (Å²) in [5, 5.41) is 1.08. The van der Waals surface area contributed by atoms with Crippen molar-refractivity contribution in [3.05, 3.63) is 30.5 Å². The fraction of sp³-hybridized carbons (Fsp3) is 0.333. The van der Waals surface area contributed by atoms with Crippen LogP contribution in [-0.4, -0.2) is 29.1 Å². The smallest absolute Gasteiger partial charge is 0.225 e. The number of anilines is 1. The number of hydrogen-bond donors (Lipinski definition) is 1. The van der Waals surface area contributed by atoms with Crippen LogP contribution in [0, 0.1) is 0 Å². The van der Waals surface area contributed by atoms with Crippen molar-refractivity contribution >= 4 is 16.9 Å². The summed E-state index contributed by atoms with van der Waals surface area (Å²) in [6.07, 6.45) is 2.90. The second-order valence-electron chi connectivity index (χ2n) is 4.22. The van der Waals surface area contributed by atoms with Crippen LogP contribution in [0.3, 0.4) is 0 Å². The molecule has 1 atom stereocenters. The number of fused-ring (bicyclic) bond motifs is 1. The van der Waals surface area contributed by atoms with Gasteiger partial charge in [0.05, 0.1) is 5.52 Å². The molecule has 2 heterocycles. The first-order chi connectivity index (χ1) is 7.83. The fourth-order valence-electron chi connectivity index (χ4n) is 2.08. The van der Waals surface area contributed by atoms with Gasteiger partial charge in [0.25, 0.3) is 0 Å². The molecule has 1 aliphatic rings. The molecule has 0 unspecified atom stereocenters. The van der Waals surface area contributed by atoms with Gasteiger partial charge in [-0.3, -0.25) is 0 Å². The Balaban J connectivity index is 1.99. The molecule has 0 radical (unpaired) electrons. The third-order valence-electron chi connectivity index (χ3n) is 2.98. The highest BCUT2D eigenvalue weighted by Gasteiger charge is 2.21. The van der Waals surface area contributed by atoms with Crippen LogP contribution in [0.4, 0.5) is 5.95 Å². The van der Waals surface area contributed by atoms with Crippen molar-refractivity contribution in [3.63, 3.8) is 0 Å². The summed E-state index contributed by atoms with van der Waals surface area (Å²) in [6, 6.07) is 8.28. The van der Waals surface area contributed by atoms with Gasteiger partial charge in [-0.1, -0.05) is 18.2 Å². The molecule has 16 heavy (non-hydrogen) atoms. The lowest BCUT2D eigenvalue weighted by Gasteiger charge is -2.15. The van der Waals surface area contributed by atoms with Crippen molar-refractivity contribution in [2.45, 2.75) is 12.5 Å². The minimum Gasteiger partial charge on any atom is -0.339 e. The van der Waals surface area contributed by atoms with Gasteiger partial charge in [-0.25, -0.2) is 9.97 Å². The summed E-state index contributed by atoms with van der Waals surface area (Å²) in [4.78, 5) is 11.1. The molecular formula is C12H14N4. The average molecular weight is 214 g/mol. The molecule has 2 N–H and O–H groups in total. The van der Waals surface area contributed by atoms with Crippen molar-refractivity contribution in [2.75, 3.05) is 18.0 Å². The van der Waals surface area contributed by atoms with E-state index in [-0.39, 0.29) is 6.04 Å². The highest BCUT2D eigenvalue weighted by Crippen LogP contribution is 2.18. The summed E-state index contributed by atoms with van der Waals surface area (Å²) in [6.45, 7) is 1.82. The van der Waals surface area contributed by atoms with Crippen molar-refractivity contribution in [1.82, 2.24) is 9.97 Å². The number of aromatic nitrogens is 2. The summed E-state index contributed by atoms with van der Waals surface area (Å²) < 4.78 is 0. The predicted octanol–water partition coefficient (Wildman–Crippen LogP) is 1.17. The first-order valence-corrected chi connectivity index (χ1v) is 5.55. The molecular weight excluding hydrogens is 200 g/mol. The van der Waals surface area contributed by atoms with Crippen LogP contribution in [0.2, 0.25) is 0 Å². The van der Waals surface area contributed by atoms with Gasteiger partial charge in [0, 0.05) is 30.7 Å². The van der Waals surface area contributed by atoms with Crippen LogP contribution in [0.5, 0.6) is 0 Å². The zero-order chi connectivity index (χ0) is 11.0. The molecule has 3 rings (SSSR count). The Morgan fingerprint density at radius 1 is 1.31 bits per heavy atom. The summed E-state index contributed by atoms with van der Waals surface area (Å²) in [5.41, 5.74) is 6.87.